The summed E-state index contributed by atoms with van der Waals surface area (Å²) in [6.07, 6.45) is 8.40. The Hall–Kier alpha value is -4.44. The molecule has 4 aromatic carbocycles. The average Bonchev–Trinajstić information content (AvgIpc) is 2.99. The first-order valence-corrected chi connectivity index (χ1v) is 13.5. The zero-order valence-corrected chi connectivity index (χ0v) is 21.2. The van der Waals surface area contributed by atoms with E-state index in [0.29, 0.717) is 0 Å². The summed E-state index contributed by atoms with van der Waals surface area (Å²) in [6.45, 7) is 0. The van der Waals surface area contributed by atoms with Crippen molar-refractivity contribution in [3.63, 3.8) is 0 Å². The predicted octanol–water partition coefficient (Wildman–Crippen LogP) is 7.94. The zero-order chi connectivity index (χ0) is 25.3. The van der Waals surface area contributed by atoms with Gasteiger partial charge in [-0.15, -0.1) is 0 Å². The first kappa shape index (κ1) is 22.7. The molecule has 38 heavy (non-hydrogen) atoms. The van der Waals surface area contributed by atoms with Crippen LogP contribution in [0.25, 0.3) is 43.4 Å². The van der Waals surface area contributed by atoms with Gasteiger partial charge in [0.25, 0.3) is 0 Å². The van der Waals surface area contributed by atoms with Crippen molar-refractivity contribution in [3.8, 4) is 0 Å². The fourth-order valence-electron chi connectivity index (χ4n) is 5.83. The van der Waals surface area contributed by atoms with Gasteiger partial charge in [0.2, 0.25) is 0 Å². The molecule has 1 fully saturated rings. The zero-order valence-electron chi connectivity index (χ0n) is 21.2. The van der Waals surface area contributed by atoms with Crippen molar-refractivity contribution in [1.82, 2.24) is 9.97 Å². The number of nitrogens with zero attached hydrogens (tertiary/aromatic N) is 4. The van der Waals surface area contributed by atoms with Crippen LogP contribution in [0.1, 0.15) is 37.1 Å². The molecule has 184 valence electrons. The van der Waals surface area contributed by atoms with Gasteiger partial charge in [-0.25, -0.2) is 9.97 Å². The fraction of sp³-hybridized carbons (Fsp3) is 0.176. The highest BCUT2D eigenvalue weighted by atomic mass is 14.9. The lowest BCUT2D eigenvalue weighted by atomic mass is 9.91. The number of para-hydroxylation sites is 2. The minimum absolute atomic E-state index is 0.138. The summed E-state index contributed by atoms with van der Waals surface area (Å²) in [4.78, 5) is 20.1. The smallest absolute Gasteiger partial charge is 0.0894 e. The number of hydrogen-bond acceptors (Lipinski definition) is 4. The molecule has 2 heterocycles. The van der Waals surface area contributed by atoms with Crippen LogP contribution in [0.5, 0.6) is 0 Å². The monoisotopic (exact) mass is 492 g/mol. The molecule has 1 aliphatic carbocycles. The second-order valence-electron chi connectivity index (χ2n) is 10.1. The normalized spacial score (nSPS) is 18.4. The lowest BCUT2D eigenvalue weighted by Gasteiger charge is -2.25. The summed E-state index contributed by atoms with van der Waals surface area (Å²) in [5.41, 5.74) is 3.85. The molecular weight excluding hydrogens is 464 g/mol. The van der Waals surface area contributed by atoms with Gasteiger partial charge in [0.15, 0.2) is 0 Å². The van der Waals surface area contributed by atoms with Gasteiger partial charge in [-0.2, -0.15) is 0 Å². The molecule has 0 aliphatic heterocycles. The summed E-state index contributed by atoms with van der Waals surface area (Å²) < 4.78 is 0. The van der Waals surface area contributed by atoms with Crippen molar-refractivity contribution in [2.45, 2.75) is 37.8 Å². The van der Waals surface area contributed by atoms with Gasteiger partial charge in [0, 0.05) is 34.0 Å². The minimum Gasteiger partial charge on any atom is -0.285 e. The molecule has 1 aliphatic rings. The minimum atomic E-state index is 0.138. The van der Waals surface area contributed by atoms with E-state index >= 15 is 0 Å². The van der Waals surface area contributed by atoms with Gasteiger partial charge >= 0.3 is 0 Å². The van der Waals surface area contributed by atoms with Crippen molar-refractivity contribution < 1.29 is 0 Å². The van der Waals surface area contributed by atoms with Gasteiger partial charge in [-0.1, -0.05) is 97.8 Å². The molecule has 7 rings (SSSR count). The van der Waals surface area contributed by atoms with E-state index in [2.05, 4.69) is 84.9 Å². The van der Waals surface area contributed by atoms with Gasteiger partial charge in [-0.3, -0.25) is 9.98 Å². The van der Waals surface area contributed by atoms with Crippen LogP contribution in [0.4, 0.5) is 0 Å². The first-order chi connectivity index (χ1) is 18.8. The fourth-order valence-corrected chi connectivity index (χ4v) is 5.83. The maximum absolute atomic E-state index is 5.09. The Morgan fingerprint density at radius 2 is 0.842 bits per heavy atom. The van der Waals surface area contributed by atoms with E-state index in [0.717, 1.165) is 46.0 Å². The Kier molecular flexibility index (Phi) is 5.86. The van der Waals surface area contributed by atoms with E-state index < -0.39 is 0 Å². The molecule has 0 spiro atoms. The van der Waals surface area contributed by atoms with Gasteiger partial charge in [0.05, 0.1) is 34.5 Å². The summed E-state index contributed by atoms with van der Waals surface area (Å²) in [6, 6.07) is 33.9. The van der Waals surface area contributed by atoms with Crippen LogP contribution in [0, 0.1) is 0 Å². The van der Waals surface area contributed by atoms with Crippen LogP contribution >= 0.6 is 0 Å². The second-order valence-corrected chi connectivity index (χ2v) is 10.1. The van der Waals surface area contributed by atoms with E-state index in [4.69, 9.17) is 20.0 Å². The molecule has 0 amide bonds. The molecule has 4 nitrogen and oxygen atoms in total. The number of fused-ring (bicyclic) bond motifs is 6. The lowest BCUT2D eigenvalue weighted by Crippen LogP contribution is -2.27. The van der Waals surface area contributed by atoms with Crippen LogP contribution in [-0.2, 0) is 0 Å². The maximum Gasteiger partial charge on any atom is 0.0894 e. The number of hydrogen-bond donors (Lipinski definition) is 0. The lowest BCUT2D eigenvalue weighted by molar-refractivity contribution is 0.390. The van der Waals surface area contributed by atoms with Crippen LogP contribution in [0.3, 0.4) is 0 Å². The molecule has 6 aromatic rings. The van der Waals surface area contributed by atoms with E-state index in [9.17, 15) is 0 Å². The number of benzene rings is 4. The molecule has 0 radical (unpaired) electrons. The van der Waals surface area contributed by atoms with Crippen LogP contribution in [0.15, 0.2) is 107 Å². The Labute approximate surface area is 221 Å². The summed E-state index contributed by atoms with van der Waals surface area (Å²) in [5.74, 6) is 0. The molecule has 2 aromatic heterocycles. The average molecular weight is 493 g/mol. The SMILES string of the molecule is C(=N[C@H]1CCCC[C@H]1N=Cc1nc2ccccc2c2ccccc12)c1nc2ccccc2c2ccccc12. The Morgan fingerprint density at radius 1 is 0.474 bits per heavy atom. The first-order valence-electron chi connectivity index (χ1n) is 13.5. The van der Waals surface area contributed by atoms with Crippen molar-refractivity contribution in [3.05, 3.63) is 108 Å². The van der Waals surface area contributed by atoms with Crippen LogP contribution in [-0.4, -0.2) is 34.5 Å². The van der Waals surface area contributed by atoms with Crippen LogP contribution in [0.2, 0.25) is 0 Å². The van der Waals surface area contributed by atoms with E-state index in [1.807, 2.05) is 24.6 Å². The largest absolute Gasteiger partial charge is 0.285 e. The summed E-state index contributed by atoms with van der Waals surface area (Å²) >= 11 is 0. The molecule has 0 saturated heterocycles. The standard InChI is InChI=1S/C34H28N4/c1-3-15-27-23(11-1)25-13-5-7-17-29(25)37-33(27)21-35-31-19-9-10-20-32(31)36-22-34-28-16-4-2-12-24(28)26-14-6-8-18-30(26)38-34/h1-8,11-18,21-22,31-32H,9-10,19-20H2/t31-,32+. The van der Waals surface area contributed by atoms with E-state index in [1.165, 1.54) is 34.4 Å². The van der Waals surface area contributed by atoms with Crippen molar-refractivity contribution in [2.75, 3.05) is 0 Å². The highest BCUT2D eigenvalue weighted by Crippen LogP contribution is 2.29. The molecule has 2 atom stereocenters. The predicted molar refractivity (Wildman–Crippen MR) is 160 cm³/mol. The Bertz CT molecular complexity index is 1720. The molecular formula is C34H28N4. The number of aromatic nitrogens is 2. The van der Waals surface area contributed by atoms with Gasteiger partial charge in [0.1, 0.15) is 0 Å². The summed E-state index contributed by atoms with van der Waals surface area (Å²) in [5, 5.41) is 7.06. The van der Waals surface area contributed by atoms with E-state index in [1.54, 1.807) is 0 Å². The molecule has 0 unspecified atom stereocenters. The molecule has 0 bridgehead atoms. The molecule has 1 saturated carbocycles. The number of pyridine rings is 2. The van der Waals surface area contributed by atoms with Crippen molar-refractivity contribution in [2.24, 2.45) is 9.98 Å². The van der Waals surface area contributed by atoms with Gasteiger partial charge < -0.3 is 0 Å². The van der Waals surface area contributed by atoms with Crippen molar-refractivity contribution >= 4 is 55.8 Å². The van der Waals surface area contributed by atoms with Gasteiger partial charge in [-0.05, 0) is 35.7 Å². The molecule has 0 N–H and O–H groups in total. The Balaban J connectivity index is 1.24. The quantitative estimate of drug-likeness (QED) is 0.185. The third-order valence-electron chi connectivity index (χ3n) is 7.75. The van der Waals surface area contributed by atoms with Crippen LogP contribution < -0.4 is 0 Å². The number of aliphatic imine (C=N–C) groups is 2. The van der Waals surface area contributed by atoms with Crippen molar-refractivity contribution in [1.29, 1.82) is 0 Å². The number of rotatable bonds is 4. The Morgan fingerprint density at radius 3 is 1.29 bits per heavy atom. The topological polar surface area (TPSA) is 50.5 Å². The van der Waals surface area contributed by atoms with E-state index in [-0.39, 0.29) is 12.1 Å². The maximum atomic E-state index is 5.09. The summed E-state index contributed by atoms with van der Waals surface area (Å²) in [7, 11) is 0. The second kappa shape index (κ2) is 9.79. The third-order valence-corrected chi connectivity index (χ3v) is 7.75. The highest BCUT2D eigenvalue weighted by molar-refractivity contribution is 6.12. The molecule has 4 heteroatoms. The third kappa shape index (κ3) is 4.12. The highest BCUT2D eigenvalue weighted by Gasteiger charge is 2.23.